The Morgan fingerprint density at radius 3 is 2.89 bits per heavy atom. The van der Waals surface area contributed by atoms with Crippen molar-refractivity contribution in [1.29, 1.82) is 0 Å². The van der Waals surface area contributed by atoms with Crippen molar-refractivity contribution in [3.05, 3.63) is 33.5 Å². The molecule has 0 saturated carbocycles. The molecule has 0 unspecified atom stereocenters. The molecule has 0 fully saturated rings. The van der Waals surface area contributed by atoms with Gasteiger partial charge in [0, 0.05) is 16.7 Å². The van der Waals surface area contributed by atoms with Gasteiger partial charge >= 0.3 is 5.97 Å². The SMILES string of the molecule is O=C(O)CCc1csc(NC(=O)Cc2cccs2)n1. The van der Waals surface area contributed by atoms with Gasteiger partial charge in [0.1, 0.15) is 0 Å². The number of anilines is 1. The minimum Gasteiger partial charge on any atom is -0.481 e. The van der Waals surface area contributed by atoms with Gasteiger partial charge in [-0.1, -0.05) is 6.07 Å². The van der Waals surface area contributed by atoms with Gasteiger partial charge in [-0.25, -0.2) is 4.98 Å². The van der Waals surface area contributed by atoms with E-state index >= 15 is 0 Å². The number of thiophene rings is 1. The molecule has 1 amide bonds. The van der Waals surface area contributed by atoms with Crippen molar-refractivity contribution in [3.63, 3.8) is 0 Å². The molecular formula is C12H12N2O3S2. The van der Waals surface area contributed by atoms with E-state index in [1.807, 2.05) is 17.5 Å². The number of carboxylic acid groups (broad SMARTS) is 1. The highest BCUT2D eigenvalue weighted by molar-refractivity contribution is 7.14. The lowest BCUT2D eigenvalue weighted by molar-refractivity contribution is -0.137. The van der Waals surface area contributed by atoms with Crippen LogP contribution in [0.2, 0.25) is 0 Å². The van der Waals surface area contributed by atoms with Crippen LogP contribution in [-0.4, -0.2) is 22.0 Å². The Kier molecular flexibility index (Phi) is 4.64. The van der Waals surface area contributed by atoms with Crippen molar-refractivity contribution in [2.45, 2.75) is 19.3 Å². The van der Waals surface area contributed by atoms with E-state index in [0.29, 0.717) is 23.7 Å². The molecule has 19 heavy (non-hydrogen) atoms. The minimum atomic E-state index is -0.851. The molecule has 2 rings (SSSR count). The van der Waals surface area contributed by atoms with Crippen LogP contribution in [0, 0.1) is 0 Å². The van der Waals surface area contributed by atoms with Crippen molar-refractivity contribution in [2.24, 2.45) is 0 Å². The fourth-order valence-electron chi connectivity index (χ4n) is 1.45. The van der Waals surface area contributed by atoms with Gasteiger partial charge in [-0.05, 0) is 11.4 Å². The van der Waals surface area contributed by atoms with E-state index in [1.54, 1.807) is 5.38 Å². The molecule has 0 bridgehead atoms. The number of hydrogen-bond acceptors (Lipinski definition) is 5. The normalized spacial score (nSPS) is 10.3. The largest absolute Gasteiger partial charge is 0.481 e. The second-order valence-electron chi connectivity index (χ2n) is 3.84. The lowest BCUT2D eigenvalue weighted by Gasteiger charge is -1.99. The van der Waals surface area contributed by atoms with Crippen LogP contribution in [0.5, 0.6) is 0 Å². The number of aliphatic carboxylic acids is 1. The number of nitrogens with one attached hydrogen (secondary N) is 1. The topological polar surface area (TPSA) is 79.3 Å². The lowest BCUT2D eigenvalue weighted by atomic mass is 10.2. The fraction of sp³-hybridized carbons (Fsp3) is 0.250. The third kappa shape index (κ3) is 4.46. The van der Waals surface area contributed by atoms with Gasteiger partial charge in [-0.2, -0.15) is 0 Å². The van der Waals surface area contributed by atoms with Crippen LogP contribution in [0.4, 0.5) is 5.13 Å². The van der Waals surface area contributed by atoms with E-state index in [4.69, 9.17) is 5.11 Å². The molecule has 0 saturated heterocycles. The first-order chi connectivity index (χ1) is 9.13. The molecule has 0 aliphatic carbocycles. The highest BCUT2D eigenvalue weighted by atomic mass is 32.1. The molecule has 2 heterocycles. The molecule has 5 nitrogen and oxygen atoms in total. The van der Waals surface area contributed by atoms with E-state index in [1.165, 1.54) is 22.7 Å². The fourth-order valence-corrected chi connectivity index (χ4v) is 2.91. The summed E-state index contributed by atoms with van der Waals surface area (Å²) in [6.07, 6.45) is 0.765. The van der Waals surface area contributed by atoms with E-state index in [0.717, 1.165) is 4.88 Å². The maximum atomic E-state index is 11.7. The number of carbonyl (C=O) groups excluding carboxylic acids is 1. The molecule has 0 aromatic carbocycles. The first-order valence-electron chi connectivity index (χ1n) is 5.62. The summed E-state index contributed by atoms with van der Waals surface area (Å²) in [5, 5.41) is 15.5. The molecule has 0 atom stereocenters. The van der Waals surface area contributed by atoms with Gasteiger partial charge in [0.2, 0.25) is 5.91 Å². The van der Waals surface area contributed by atoms with Crippen LogP contribution < -0.4 is 5.32 Å². The zero-order valence-corrected chi connectivity index (χ0v) is 11.6. The van der Waals surface area contributed by atoms with Crippen molar-refractivity contribution in [2.75, 3.05) is 5.32 Å². The predicted molar refractivity (Wildman–Crippen MR) is 74.7 cm³/mol. The molecule has 100 valence electrons. The second-order valence-corrected chi connectivity index (χ2v) is 5.73. The van der Waals surface area contributed by atoms with Crippen molar-refractivity contribution in [1.82, 2.24) is 4.98 Å². The molecule has 7 heteroatoms. The number of aryl methyl sites for hydroxylation is 1. The first-order valence-corrected chi connectivity index (χ1v) is 7.38. The standard InChI is InChI=1S/C12H12N2O3S2/c15-10(6-9-2-1-5-18-9)14-12-13-8(7-19-12)3-4-11(16)17/h1-2,5,7H,3-4,6H2,(H,16,17)(H,13,14,15). The average molecular weight is 296 g/mol. The smallest absolute Gasteiger partial charge is 0.303 e. The van der Waals surface area contributed by atoms with E-state index in [9.17, 15) is 9.59 Å². The van der Waals surface area contributed by atoms with Gasteiger partial charge < -0.3 is 10.4 Å². The molecule has 2 aromatic rings. The first kappa shape index (κ1) is 13.7. The lowest BCUT2D eigenvalue weighted by Crippen LogP contribution is -2.13. The van der Waals surface area contributed by atoms with E-state index in [-0.39, 0.29) is 12.3 Å². The monoisotopic (exact) mass is 296 g/mol. The minimum absolute atomic E-state index is 0.0479. The Balaban J connectivity index is 1.85. The average Bonchev–Trinajstić information content (AvgIpc) is 2.98. The highest BCUT2D eigenvalue weighted by Gasteiger charge is 2.09. The molecule has 2 aromatic heterocycles. The Morgan fingerprint density at radius 2 is 2.21 bits per heavy atom. The van der Waals surface area contributed by atoms with Crippen LogP contribution >= 0.6 is 22.7 Å². The molecule has 0 aliphatic rings. The van der Waals surface area contributed by atoms with E-state index in [2.05, 4.69) is 10.3 Å². The van der Waals surface area contributed by atoms with Gasteiger partial charge in [0.15, 0.2) is 5.13 Å². The van der Waals surface area contributed by atoms with Crippen molar-refractivity contribution < 1.29 is 14.7 Å². The van der Waals surface area contributed by atoms with Gasteiger partial charge in [-0.15, -0.1) is 22.7 Å². The zero-order valence-electron chi connectivity index (χ0n) is 9.96. The summed E-state index contributed by atoms with van der Waals surface area (Å²) >= 11 is 2.84. The third-order valence-electron chi connectivity index (χ3n) is 2.31. The molecular weight excluding hydrogens is 284 g/mol. The molecule has 0 radical (unpaired) electrons. The quantitative estimate of drug-likeness (QED) is 0.858. The summed E-state index contributed by atoms with van der Waals surface area (Å²) in [7, 11) is 0. The van der Waals surface area contributed by atoms with Gasteiger partial charge in [0.05, 0.1) is 18.5 Å². The number of nitrogens with zero attached hydrogens (tertiary/aromatic N) is 1. The van der Waals surface area contributed by atoms with Gasteiger partial charge in [0.25, 0.3) is 0 Å². The van der Waals surface area contributed by atoms with Crippen LogP contribution in [0.25, 0.3) is 0 Å². The Hall–Kier alpha value is -1.73. The summed E-state index contributed by atoms with van der Waals surface area (Å²) < 4.78 is 0. The van der Waals surface area contributed by atoms with Crippen molar-refractivity contribution >= 4 is 39.7 Å². The van der Waals surface area contributed by atoms with Crippen LogP contribution in [0.15, 0.2) is 22.9 Å². The number of thiazole rings is 1. The maximum Gasteiger partial charge on any atom is 0.303 e. The molecule has 0 spiro atoms. The number of hydrogen-bond donors (Lipinski definition) is 2. The van der Waals surface area contributed by atoms with Gasteiger partial charge in [-0.3, -0.25) is 9.59 Å². The number of amides is 1. The molecule has 0 aliphatic heterocycles. The Labute approximate surface area is 117 Å². The van der Waals surface area contributed by atoms with Crippen LogP contribution in [-0.2, 0) is 22.4 Å². The number of aromatic nitrogens is 1. The summed E-state index contributed by atoms with van der Waals surface area (Å²) in [4.78, 5) is 27.3. The van der Waals surface area contributed by atoms with Crippen LogP contribution in [0.1, 0.15) is 17.0 Å². The summed E-state index contributed by atoms with van der Waals surface area (Å²) in [5.74, 6) is -0.960. The maximum absolute atomic E-state index is 11.7. The van der Waals surface area contributed by atoms with E-state index < -0.39 is 5.97 Å². The number of rotatable bonds is 6. The predicted octanol–water partition coefficient (Wildman–Crippen LogP) is 2.40. The Morgan fingerprint density at radius 1 is 1.37 bits per heavy atom. The third-order valence-corrected chi connectivity index (χ3v) is 3.99. The summed E-state index contributed by atoms with van der Waals surface area (Å²) in [6, 6.07) is 3.81. The second kappa shape index (κ2) is 6.44. The zero-order chi connectivity index (χ0) is 13.7. The highest BCUT2D eigenvalue weighted by Crippen LogP contribution is 2.17. The van der Waals surface area contributed by atoms with Crippen molar-refractivity contribution in [3.8, 4) is 0 Å². The summed E-state index contributed by atoms with van der Waals surface area (Å²) in [6.45, 7) is 0. The molecule has 2 N–H and O–H groups in total. The Bertz CT molecular complexity index is 563. The number of carbonyl (C=O) groups is 2. The van der Waals surface area contributed by atoms with Crippen LogP contribution in [0.3, 0.4) is 0 Å². The summed E-state index contributed by atoms with van der Waals surface area (Å²) in [5.41, 5.74) is 0.693. The number of carboxylic acids is 1.